The molecule has 0 N–H and O–H groups in total. The van der Waals surface area contributed by atoms with Gasteiger partial charge in [0, 0.05) is 74.4 Å². The van der Waals surface area contributed by atoms with E-state index in [1.54, 1.807) is 30.6 Å². The molecule has 2 fully saturated rings. The molecule has 1 aromatic heterocycles. The number of thioether (sulfide) groups is 1. The zero-order valence-electron chi connectivity index (χ0n) is 17.1. The minimum absolute atomic E-state index is 0.0198. The first-order valence-corrected chi connectivity index (χ1v) is 11.7. The van der Waals surface area contributed by atoms with Gasteiger partial charge in [0.15, 0.2) is 0 Å². The lowest BCUT2D eigenvalue weighted by atomic mass is 9.82. The molecule has 5 rings (SSSR count). The van der Waals surface area contributed by atoms with Crippen LogP contribution in [0.1, 0.15) is 5.56 Å². The number of non-ortho nitro benzene ring substituents is 1. The number of nitro benzene ring substituents is 1. The Morgan fingerprint density at radius 2 is 1.90 bits per heavy atom. The van der Waals surface area contributed by atoms with Gasteiger partial charge in [-0.1, -0.05) is 0 Å². The molecule has 2 unspecified atom stereocenters. The number of amides is 1. The smallest absolute Gasteiger partial charge is 0.269 e. The van der Waals surface area contributed by atoms with E-state index in [0.29, 0.717) is 25.5 Å². The molecular weight excluding hydrogens is 416 g/mol. The molecule has 3 aliphatic rings. The fourth-order valence-corrected chi connectivity index (χ4v) is 5.77. The van der Waals surface area contributed by atoms with Gasteiger partial charge in [-0.2, -0.15) is 11.8 Å². The van der Waals surface area contributed by atoms with E-state index in [4.69, 9.17) is 0 Å². The Morgan fingerprint density at radius 1 is 1.13 bits per heavy atom. The minimum atomic E-state index is -0.365. The molecule has 31 heavy (non-hydrogen) atoms. The predicted molar refractivity (Wildman–Crippen MR) is 120 cm³/mol. The number of hydrogen-bond acceptors (Lipinski definition) is 8. The van der Waals surface area contributed by atoms with Crippen LogP contribution in [0.4, 0.5) is 17.3 Å². The zero-order chi connectivity index (χ0) is 21.4. The van der Waals surface area contributed by atoms with Crippen LogP contribution in [0.15, 0.2) is 36.7 Å². The topological polar surface area (TPSA) is 95.7 Å². The van der Waals surface area contributed by atoms with Crippen LogP contribution in [0.25, 0.3) is 0 Å². The maximum Gasteiger partial charge on any atom is 0.269 e. The molecule has 0 bridgehead atoms. The van der Waals surface area contributed by atoms with Gasteiger partial charge in [-0.25, -0.2) is 9.97 Å². The van der Waals surface area contributed by atoms with Crippen LogP contribution in [0.3, 0.4) is 0 Å². The third-order valence-electron chi connectivity index (χ3n) is 6.38. The average molecular weight is 441 g/mol. The van der Waals surface area contributed by atoms with Gasteiger partial charge in [0.2, 0.25) is 11.9 Å². The highest BCUT2D eigenvalue weighted by Gasteiger charge is 2.43. The van der Waals surface area contributed by atoms with Crippen molar-refractivity contribution in [2.75, 3.05) is 54.0 Å². The molecule has 0 aliphatic carbocycles. The first kappa shape index (κ1) is 20.0. The van der Waals surface area contributed by atoms with E-state index >= 15 is 0 Å². The van der Waals surface area contributed by atoms with Crippen LogP contribution in [0.2, 0.25) is 0 Å². The minimum Gasteiger partial charge on any atom is -0.364 e. The molecule has 2 atom stereocenters. The van der Waals surface area contributed by atoms with Crippen molar-refractivity contribution < 1.29 is 9.72 Å². The van der Waals surface area contributed by atoms with Crippen LogP contribution in [0, 0.1) is 16.0 Å². The third kappa shape index (κ3) is 3.80. The Kier molecular flexibility index (Phi) is 5.39. The lowest BCUT2D eigenvalue weighted by molar-refractivity contribution is -0.384. The molecule has 162 valence electrons. The normalized spacial score (nSPS) is 23.2. The van der Waals surface area contributed by atoms with Crippen LogP contribution >= 0.6 is 11.8 Å². The number of nitro groups is 1. The number of benzene rings is 1. The fourth-order valence-electron chi connectivity index (χ4n) is 4.86. The molecule has 3 aliphatic heterocycles. The van der Waals surface area contributed by atoms with Crippen molar-refractivity contribution in [2.45, 2.75) is 12.5 Å². The molecule has 2 saturated heterocycles. The van der Waals surface area contributed by atoms with E-state index in [2.05, 4.69) is 19.8 Å². The molecule has 1 aromatic carbocycles. The summed E-state index contributed by atoms with van der Waals surface area (Å²) >= 11 is 1.87. The summed E-state index contributed by atoms with van der Waals surface area (Å²) in [6.07, 6.45) is 3.99. The van der Waals surface area contributed by atoms with E-state index in [1.807, 2.05) is 22.7 Å². The summed E-state index contributed by atoms with van der Waals surface area (Å²) in [5.74, 6) is 2.50. The molecular formula is C21H24N6O3S. The van der Waals surface area contributed by atoms with Crippen LogP contribution < -0.4 is 9.80 Å². The zero-order valence-corrected chi connectivity index (χ0v) is 17.9. The summed E-state index contributed by atoms with van der Waals surface area (Å²) in [6.45, 7) is 3.63. The van der Waals surface area contributed by atoms with Crippen molar-refractivity contribution in [3.63, 3.8) is 0 Å². The van der Waals surface area contributed by atoms with E-state index in [9.17, 15) is 14.9 Å². The van der Waals surface area contributed by atoms with Crippen molar-refractivity contribution in [1.29, 1.82) is 0 Å². The van der Waals surface area contributed by atoms with Gasteiger partial charge in [-0.15, -0.1) is 0 Å². The van der Waals surface area contributed by atoms with E-state index in [0.717, 1.165) is 42.4 Å². The second-order valence-corrected chi connectivity index (χ2v) is 9.30. The van der Waals surface area contributed by atoms with E-state index in [1.165, 1.54) is 0 Å². The number of piperazine rings is 1. The third-order valence-corrected chi connectivity index (χ3v) is 7.32. The van der Waals surface area contributed by atoms with Crippen molar-refractivity contribution in [3.05, 3.63) is 52.3 Å². The summed E-state index contributed by atoms with van der Waals surface area (Å²) in [7, 11) is 0. The predicted octanol–water partition coefficient (Wildman–Crippen LogP) is 1.83. The average Bonchev–Trinajstić information content (AvgIpc) is 2.83. The number of hydrogen-bond donors (Lipinski definition) is 0. The highest BCUT2D eigenvalue weighted by atomic mass is 32.2. The van der Waals surface area contributed by atoms with Gasteiger partial charge in [0.05, 0.1) is 16.9 Å². The highest BCUT2D eigenvalue weighted by Crippen LogP contribution is 2.39. The molecule has 0 spiro atoms. The summed E-state index contributed by atoms with van der Waals surface area (Å²) in [5, 5.41) is 11.3. The van der Waals surface area contributed by atoms with E-state index in [-0.39, 0.29) is 28.5 Å². The largest absolute Gasteiger partial charge is 0.364 e. The lowest BCUT2D eigenvalue weighted by Crippen LogP contribution is -2.62. The number of fused-ring (bicyclic) bond motifs is 3. The van der Waals surface area contributed by atoms with Gasteiger partial charge in [-0.05, 0) is 24.1 Å². The molecule has 1 amide bonds. The van der Waals surface area contributed by atoms with Crippen molar-refractivity contribution >= 4 is 35.0 Å². The molecule has 0 saturated carbocycles. The lowest BCUT2D eigenvalue weighted by Gasteiger charge is -2.49. The van der Waals surface area contributed by atoms with Crippen molar-refractivity contribution in [2.24, 2.45) is 5.92 Å². The van der Waals surface area contributed by atoms with Crippen LogP contribution in [0.5, 0.6) is 0 Å². The summed E-state index contributed by atoms with van der Waals surface area (Å²) < 4.78 is 0. The second-order valence-electron chi connectivity index (χ2n) is 8.07. The maximum atomic E-state index is 13.6. The number of aromatic nitrogens is 2. The van der Waals surface area contributed by atoms with Gasteiger partial charge in [-0.3, -0.25) is 14.9 Å². The standard InChI is InChI=1S/C21H24N6O3S/c28-20(24-8-10-31-11-9-24)17-13-15-12-16(27(29)30)2-3-18(15)26-7-6-25(14-19(17)26)21-22-4-1-5-23-21/h1-5,12,17,19H,6-11,13-14H2. The second kappa shape index (κ2) is 8.33. The molecule has 2 aromatic rings. The van der Waals surface area contributed by atoms with Gasteiger partial charge in [0.25, 0.3) is 5.69 Å². The highest BCUT2D eigenvalue weighted by molar-refractivity contribution is 7.99. The van der Waals surface area contributed by atoms with Gasteiger partial charge in [0.1, 0.15) is 0 Å². The molecule has 4 heterocycles. The summed E-state index contributed by atoms with van der Waals surface area (Å²) in [4.78, 5) is 39.7. The number of anilines is 2. The fraction of sp³-hybridized carbons (Fsp3) is 0.476. The Labute approximate surface area is 184 Å². The van der Waals surface area contributed by atoms with Crippen molar-refractivity contribution in [1.82, 2.24) is 14.9 Å². The number of nitrogens with zero attached hydrogens (tertiary/aromatic N) is 6. The van der Waals surface area contributed by atoms with Crippen LogP contribution in [-0.2, 0) is 11.2 Å². The van der Waals surface area contributed by atoms with Gasteiger partial charge < -0.3 is 14.7 Å². The number of rotatable bonds is 3. The summed E-state index contributed by atoms with van der Waals surface area (Å²) in [6, 6.07) is 6.82. The molecule has 9 nitrogen and oxygen atoms in total. The maximum absolute atomic E-state index is 13.6. The van der Waals surface area contributed by atoms with Gasteiger partial charge >= 0.3 is 0 Å². The summed E-state index contributed by atoms with van der Waals surface area (Å²) in [5.41, 5.74) is 1.97. The Balaban J connectivity index is 1.49. The van der Waals surface area contributed by atoms with E-state index < -0.39 is 0 Å². The monoisotopic (exact) mass is 440 g/mol. The Morgan fingerprint density at radius 3 is 2.65 bits per heavy atom. The SMILES string of the molecule is O=C(C1Cc2cc([N+](=O)[O-])ccc2N2CCN(c3ncccn3)CC12)N1CCSCC1. The number of carbonyl (C=O) groups excluding carboxylic acids is 1. The number of carbonyl (C=O) groups is 1. The Bertz CT molecular complexity index is 984. The quantitative estimate of drug-likeness (QED) is 0.527. The first-order chi connectivity index (χ1) is 15.1. The van der Waals surface area contributed by atoms with Crippen molar-refractivity contribution in [3.8, 4) is 0 Å². The molecule has 10 heteroatoms. The molecule has 0 radical (unpaired) electrons. The van der Waals surface area contributed by atoms with Crippen LogP contribution in [-0.4, -0.2) is 76.0 Å². The Hall–Kier alpha value is -2.88. The first-order valence-electron chi connectivity index (χ1n) is 10.5.